The SMILES string of the molecule is Cc1ccccc1-c1cc2c(cc1C)C(C)(C)c1cc3c4ccccc4n(-c4cccc(-c5ccccc5)c4)c3cc1N2c1ccccc1. The number of hydrogen-bond acceptors (Lipinski definition) is 1. The zero-order valence-electron chi connectivity index (χ0n) is 28.4. The highest BCUT2D eigenvalue weighted by atomic mass is 15.2. The summed E-state index contributed by atoms with van der Waals surface area (Å²) in [5, 5.41) is 2.54. The molecular weight excluding hydrogens is 593 g/mol. The predicted octanol–water partition coefficient (Wildman–Crippen LogP) is 12.8. The minimum absolute atomic E-state index is 0.227. The maximum atomic E-state index is 2.50. The molecule has 1 aromatic heterocycles. The summed E-state index contributed by atoms with van der Waals surface area (Å²) in [6, 6.07) is 57.9. The second-order valence-electron chi connectivity index (χ2n) is 14.0. The van der Waals surface area contributed by atoms with Crippen LogP contribution in [0.5, 0.6) is 0 Å². The number of nitrogens with zero attached hydrogens (tertiary/aromatic N) is 2. The molecule has 2 heteroatoms. The van der Waals surface area contributed by atoms with Crippen LogP contribution in [0.1, 0.15) is 36.1 Å². The molecule has 0 saturated carbocycles. The number of anilines is 3. The number of rotatable bonds is 4. The molecule has 0 aliphatic carbocycles. The van der Waals surface area contributed by atoms with Crippen molar-refractivity contribution >= 4 is 38.9 Å². The van der Waals surface area contributed by atoms with Gasteiger partial charge in [-0.15, -0.1) is 0 Å². The van der Waals surface area contributed by atoms with E-state index >= 15 is 0 Å². The van der Waals surface area contributed by atoms with Gasteiger partial charge in [-0.2, -0.15) is 0 Å². The molecule has 0 N–H and O–H groups in total. The second kappa shape index (κ2) is 11.1. The standard InChI is InChI=1S/C47H38N2/c1-31-16-11-12-23-37(31)39-29-45-41(26-32(39)2)47(3,4)42-28-40-38-24-13-14-25-43(38)49(36-22-15-19-34(27-36)33-17-7-5-8-18-33)44(40)30-46(42)48(45)35-20-9-6-10-21-35/h5-30H,1-4H3. The molecule has 9 rings (SSSR count). The van der Waals surface area contributed by atoms with Gasteiger partial charge in [0.25, 0.3) is 0 Å². The van der Waals surface area contributed by atoms with Crippen LogP contribution in [-0.2, 0) is 5.41 Å². The average Bonchev–Trinajstić information content (AvgIpc) is 3.46. The lowest BCUT2D eigenvalue weighted by Crippen LogP contribution is -2.31. The van der Waals surface area contributed by atoms with Gasteiger partial charge in [0.15, 0.2) is 0 Å². The highest BCUT2D eigenvalue weighted by molar-refractivity contribution is 6.11. The molecule has 0 radical (unpaired) electrons. The van der Waals surface area contributed by atoms with E-state index in [1.807, 2.05) is 0 Å². The fourth-order valence-corrected chi connectivity index (χ4v) is 8.10. The summed E-state index contributed by atoms with van der Waals surface area (Å²) in [6.07, 6.45) is 0. The number of benzene rings is 7. The summed E-state index contributed by atoms with van der Waals surface area (Å²) in [7, 11) is 0. The molecule has 0 fully saturated rings. The normalized spacial score (nSPS) is 13.4. The number of hydrogen-bond donors (Lipinski definition) is 0. The Labute approximate surface area is 288 Å². The van der Waals surface area contributed by atoms with E-state index in [0.29, 0.717) is 0 Å². The molecule has 2 nitrogen and oxygen atoms in total. The van der Waals surface area contributed by atoms with Crippen molar-refractivity contribution in [3.63, 3.8) is 0 Å². The Balaban J connectivity index is 1.35. The van der Waals surface area contributed by atoms with Gasteiger partial charge in [0, 0.05) is 27.6 Å². The van der Waals surface area contributed by atoms with E-state index in [4.69, 9.17) is 0 Å². The number of aryl methyl sites for hydroxylation is 2. The van der Waals surface area contributed by atoms with E-state index in [-0.39, 0.29) is 5.41 Å². The fourth-order valence-electron chi connectivity index (χ4n) is 8.10. The third kappa shape index (κ3) is 4.55. The molecular formula is C47H38N2. The molecule has 7 aromatic carbocycles. The Bertz CT molecular complexity index is 2540. The summed E-state index contributed by atoms with van der Waals surface area (Å²) in [5.41, 5.74) is 17.2. The molecule has 0 amide bonds. The zero-order chi connectivity index (χ0) is 33.3. The van der Waals surface area contributed by atoms with E-state index < -0.39 is 0 Å². The van der Waals surface area contributed by atoms with Crippen LogP contribution in [0.2, 0.25) is 0 Å². The van der Waals surface area contributed by atoms with Crippen LogP contribution in [-0.4, -0.2) is 4.57 Å². The van der Waals surface area contributed by atoms with Crippen molar-refractivity contribution in [1.29, 1.82) is 0 Å². The molecule has 0 spiro atoms. The van der Waals surface area contributed by atoms with Gasteiger partial charge in [0.1, 0.15) is 0 Å². The summed E-state index contributed by atoms with van der Waals surface area (Å²) in [4.78, 5) is 2.50. The Hall–Kier alpha value is -5.86. The highest BCUT2D eigenvalue weighted by Gasteiger charge is 2.38. The average molecular weight is 631 g/mol. The zero-order valence-corrected chi connectivity index (χ0v) is 28.4. The molecule has 236 valence electrons. The second-order valence-corrected chi connectivity index (χ2v) is 14.0. The predicted molar refractivity (Wildman–Crippen MR) is 208 cm³/mol. The van der Waals surface area contributed by atoms with Crippen LogP contribution in [0.4, 0.5) is 17.1 Å². The topological polar surface area (TPSA) is 8.17 Å². The third-order valence-electron chi connectivity index (χ3n) is 10.6. The Kier molecular flexibility index (Phi) is 6.64. The van der Waals surface area contributed by atoms with Crippen LogP contribution in [0.3, 0.4) is 0 Å². The van der Waals surface area contributed by atoms with Crippen molar-refractivity contribution in [2.75, 3.05) is 4.90 Å². The quantitative estimate of drug-likeness (QED) is 0.188. The lowest BCUT2D eigenvalue weighted by atomic mass is 9.72. The van der Waals surface area contributed by atoms with Gasteiger partial charge in [-0.05, 0) is 107 Å². The minimum atomic E-state index is -0.227. The van der Waals surface area contributed by atoms with Crippen LogP contribution >= 0.6 is 0 Å². The van der Waals surface area contributed by atoms with E-state index in [0.717, 1.165) is 11.4 Å². The molecule has 0 saturated heterocycles. The van der Waals surface area contributed by atoms with Gasteiger partial charge >= 0.3 is 0 Å². The van der Waals surface area contributed by atoms with E-state index in [2.05, 4.69) is 195 Å². The smallest absolute Gasteiger partial charge is 0.0562 e. The van der Waals surface area contributed by atoms with Crippen molar-refractivity contribution < 1.29 is 0 Å². The van der Waals surface area contributed by atoms with Crippen LogP contribution in [0.25, 0.3) is 49.7 Å². The first-order valence-electron chi connectivity index (χ1n) is 17.2. The van der Waals surface area contributed by atoms with E-state index in [9.17, 15) is 0 Å². The summed E-state index contributed by atoms with van der Waals surface area (Å²) >= 11 is 0. The van der Waals surface area contributed by atoms with Gasteiger partial charge in [0.05, 0.1) is 22.4 Å². The van der Waals surface area contributed by atoms with Crippen molar-refractivity contribution in [2.45, 2.75) is 33.1 Å². The van der Waals surface area contributed by atoms with E-state index in [1.165, 1.54) is 77.7 Å². The van der Waals surface area contributed by atoms with Crippen LogP contribution in [0.15, 0.2) is 158 Å². The van der Waals surface area contributed by atoms with Gasteiger partial charge in [-0.1, -0.05) is 123 Å². The van der Waals surface area contributed by atoms with Crippen molar-refractivity contribution in [3.05, 3.63) is 180 Å². The first-order valence-corrected chi connectivity index (χ1v) is 17.2. The summed E-state index contributed by atoms with van der Waals surface area (Å²) in [5.74, 6) is 0. The first-order chi connectivity index (χ1) is 23.9. The summed E-state index contributed by atoms with van der Waals surface area (Å²) < 4.78 is 2.46. The van der Waals surface area contributed by atoms with Gasteiger partial charge in [-0.25, -0.2) is 0 Å². The highest BCUT2D eigenvalue weighted by Crippen LogP contribution is 2.55. The Morgan fingerprint density at radius 3 is 1.86 bits per heavy atom. The Morgan fingerprint density at radius 1 is 0.429 bits per heavy atom. The van der Waals surface area contributed by atoms with Crippen molar-refractivity contribution in [1.82, 2.24) is 4.57 Å². The Morgan fingerprint density at radius 2 is 1.06 bits per heavy atom. The van der Waals surface area contributed by atoms with Crippen molar-refractivity contribution in [3.8, 4) is 27.9 Å². The monoisotopic (exact) mass is 630 g/mol. The van der Waals surface area contributed by atoms with E-state index in [1.54, 1.807) is 0 Å². The lowest BCUT2D eigenvalue weighted by molar-refractivity contribution is 0.632. The van der Waals surface area contributed by atoms with Crippen LogP contribution in [0, 0.1) is 13.8 Å². The molecule has 8 aromatic rings. The van der Waals surface area contributed by atoms with Crippen LogP contribution < -0.4 is 4.90 Å². The largest absolute Gasteiger partial charge is 0.310 e. The molecule has 49 heavy (non-hydrogen) atoms. The van der Waals surface area contributed by atoms with Gasteiger partial charge < -0.3 is 9.47 Å². The summed E-state index contributed by atoms with van der Waals surface area (Å²) in [6.45, 7) is 9.27. The minimum Gasteiger partial charge on any atom is -0.310 e. The van der Waals surface area contributed by atoms with Gasteiger partial charge in [-0.3, -0.25) is 0 Å². The van der Waals surface area contributed by atoms with Gasteiger partial charge in [0.2, 0.25) is 0 Å². The number of aromatic nitrogens is 1. The third-order valence-corrected chi connectivity index (χ3v) is 10.6. The molecule has 0 bridgehead atoms. The maximum Gasteiger partial charge on any atom is 0.0562 e. The molecule has 1 aliphatic rings. The number of fused-ring (bicyclic) bond motifs is 5. The van der Waals surface area contributed by atoms with Crippen molar-refractivity contribution in [2.24, 2.45) is 0 Å². The molecule has 0 unspecified atom stereocenters. The fraction of sp³-hybridized carbons (Fsp3) is 0.106. The maximum absolute atomic E-state index is 2.50. The lowest BCUT2D eigenvalue weighted by Gasteiger charge is -2.43. The first kappa shape index (κ1) is 29.3. The molecule has 0 atom stereocenters. The molecule has 1 aliphatic heterocycles. The molecule has 2 heterocycles. The number of para-hydroxylation sites is 2.